The highest BCUT2D eigenvalue weighted by Gasteiger charge is 2.26. The molecule has 2 aromatic carbocycles. The maximum atomic E-state index is 12.8. The first-order chi connectivity index (χ1) is 13.7. The van der Waals surface area contributed by atoms with Gasteiger partial charge in [0.2, 0.25) is 0 Å². The third-order valence-corrected chi connectivity index (χ3v) is 4.67. The fraction of sp³-hybridized carbons (Fsp3) is 0.190. The quantitative estimate of drug-likeness (QED) is 0.735. The summed E-state index contributed by atoms with van der Waals surface area (Å²) in [6.07, 6.45) is 3.88. The highest BCUT2D eigenvalue weighted by atomic mass is 16.5. The van der Waals surface area contributed by atoms with Crippen molar-refractivity contribution in [2.24, 2.45) is 0 Å². The van der Waals surface area contributed by atoms with Crippen LogP contribution in [0.1, 0.15) is 16.1 Å². The summed E-state index contributed by atoms with van der Waals surface area (Å²) in [6.45, 7) is 0.656. The van der Waals surface area contributed by atoms with E-state index in [4.69, 9.17) is 9.47 Å². The number of carbonyl (C=O) groups is 1. The Kier molecular flexibility index (Phi) is 4.80. The number of fused-ring (bicyclic) bond motifs is 1. The zero-order chi connectivity index (χ0) is 19.5. The molecule has 2 heterocycles. The molecule has 1 amide bonds. The van der Waals surface area contributed by atoms with Crippen LogP contribution in [0.15, 0.2) is 54.9 Å². The van der Waals surface area contributed by atoms with Gasteiger partial charge in [-0.15, -0.1) is 0 Å². The highest BCUT2D eigenvalue weighted by Crippen LogP contribution is 2.31. The van der Waals surface area contributed by atoms with E-state index >= 15 is 0 Å². The Morgan fingerprint density at radius 3 is 2.68 bits per heavy atom. The number of rotatable bonds is 5. The van der Waals surface area contributed by atoms with E-state index in [0.717, 1.165) is 17.8 Å². The second-order valence-corrected chi connectivity index (χ2v) is 6.31. The van der Waals surface area contributed by atoms with Crippen LogP contribution in [0.3, 0.4) is 0 Å². The van der Waals surface area contributed by atoms with Crippen molar-refractivity contribution in [2.75, 3.05) is 31.0 Å². The summed E-state index contributed by atoms with van der Waals surface area (Å²) < 4.78 is 10.6. The molecule has 7 heteroatoms. The lowest BCUT2D eigenvalue weighted by molar-refractivity contribution is 0.0984. The fourth-order valence-corrected chi connectivity index (χ4v) is 3.23. The number of hydrogen-bond donors (Lipinski definition) is 1. The van der Waals surface area contributed by atoms with Gasteiger partial charge in [0.25, 0.3) is 5.91 Å². The maximum Gasteiger partial charge on any atom is 0.278 e. The van der Waals surface area contributed by atoms with Crippen molar-refractivity contribution in [3.05, 3.63) is 66.1 Å². The molecule has 0 saturated heterocycles. The van der Waals surface area contributed by atoms with E-state index in [9.17, 15) is 4.79 Å². The molecule has 0 unspecified atom stereocenters. The predicted molar refractivity (Wildman–Crippen MR) is 107 cm³/mol. The molecule has 0 radical (unpaired) electrons. The fourth-order valence-electron chi connectivity index (χ4n) is 3.23. The van der Waals surface area contributed by atoms with Crippen molar-refractivity contribution >= 4 is 23.1 Å². The molecule has 4 rings (SSSR count). The second kappa shape index (κ2) is 7.56. The molecule has 0 bridgehead atoms. The largest absolute Gasteiger partial charge is 0.497 e. The number of methoxy groups -OCH3 is 2. The van der Waals surface area contributed by atoms with E-state index in [-0.39, 0.29) is 5.91 Å². The second-order valence-electron chi connectivity index (χ2n) is 6.31. The number of benzene rings is 2. The number of anilines is 3. The Morgan fingerprint density at radius 2 is 1.93 bits per heavy atom. The smallest absolute Gasteiger partial charge is 0.278 e. The molecule has 0 fully saturated rings. The zero-order valence-electron chi connectivity index (χ0n) is 15.7. The first-order valence-electron chi connectivity index (χ1n) is 8.90. The lowest BCUT2D eigenvalue weighted by atomic mass is 10.2. The van der Waals surface area contributed by atoms with Crippen LogP contribution < -0.4 is 19.7 Å². The summed E-state index contributed by atoms with van der Waals surface area (Å²) in [7, 11) is 3.18. The number of carbonyl (C=O) groups excluding carboxylic acids is 1. The third-order valence-electron chi connectivity index (χ3n) is 4.67. The molecule has 1 aliphatic rings. The van der Waals surface area contributed by atoms with E-state index in [1.165, 1.54) is 11.8 Å². The number of aromatic nitrogens is 2. The molecule has 1 aliphatic heterocycles. The van der Waals surface area contributed by atoms with Crippen molar-refractivity contribution in [1.29, 1.82) is 0 Å². The topological polar surface area (TPSA) is 76.6 Å². The molecule has 1 N–H and O–H groups in total. The summed E-state index contributed by atoms with van der Waals surface area (Å²) in [6, 6.07) is 13.4. The molecule has 7 nitrogen and oxygen atoms in total. The number of amides is 1. The van der Waals surface area contributed by atoms with E-state index < -0.39 is 0 Å². The first kappa shape index (κ1) is 17.8. The Hall–Kier alpha value is -3.61. The molecule has 142 valence electrons. The molecular formula is C21H20N4O3. The molecule has 1 aromatic heterocycles. The predicted octanol–water partition coefficient (Wildman–Crippen LogP) is 3.44. The van der Waals surface area contributed by atoms with E-state index in [1.54, 1.807) is 31.4 Å². The van der Waals surface area contributed by atoms with Crippen molar-refractivity contribution in [2.45, 2.75) is 6.42 Å². The van der Waals surface area contributed by atoms with Crippen molar-refractivity contribution in [1.82, 2.24) is 9.97 Å². The van der Waals surface area contributed by atoms with E-state index in [2.05, 4.69) is 15.3 Å². The monoisotopic (exact) mass is 376 g/mol. The van der Waals surface area contributed by atoms with Gasteiger partial charge in [-0.05, 0) is 30.2 Å². The van der Waals surface area contributed by atoms with Gasteiger partial charge in [0.15, 0.2) is 0 Å². The van der Waals surface area contributed by atoms with E-state index in [0.29, 0.717) is 29.6 Å². The van der Waals surface area contributed by atoms with Gasteiger partial charge in [-0.3, -0.25) is 4.79 Å². The molecule has 0 spiro atoms. The minimum absolute atomic E-state index is 0.147. The van der Waals surface area contributed by atoms with Crippen molar-refractivity contribution in [3.63, 3.8) is 0 Å². The number of para-hydroxylation sites is 1. The number of nitrogens with one attached hydrogen (secondary N) is 1. The van der Waals surface area contributed by atoms with Crippen LogP contribution in [-0.4, -0.2) is 36.6 Å². The lowest BCUT2D eigenvalue weighted by Crippen LogP contribution is -2.29. The minimum atomic E-state index is -0.147. The van der Waals surface area contributed by atoms with Gasteiger partial charge < -0.3 is 19.7 Å². The van der Waals surface area contributed by atoms with Gasteiger partial charge in [0.1, 0.15) is 23.0 Å². The van der Waals surface area contributed by atoms with Crippen LogP contribution in [0, 0.1) is 0 Å². The first-order valence-corrected chi connectivity index (χ1v) is 8.90. The number of ether oxygens (including phenoxy) is 2. The number of hydrogen-bond acceptors (Lipinski definition) is 6. The van der Waals surface area contributed by atoms with Gasteiger partial charge in [0, 0.05) is 18.3 Å². The standard InChI is InChI=1S/C21H20N4O3/c1-27-15-7-8-16(19(11-15)28-2)24-20-13-22-17(12-23-20)21(26)25-10-9-14-5-3-4-6-18(14)25/h3-8,11-13H,9-10H2,1-2H3,(H,23,24). The van der Waals surface area contributed by atoms with Crippen LogP contribution >= 0.6 is 0 Å². The molecule has 0 aliphatic carbocycles. The van der Waals surface area contributed by atoms with Crippen LogP contribution in [0.25, 0.3) is 0 Å². The lowest BCUT2D eigenvalue weighted by Gasteiger charge is -2.17. The molecule has 3 aromatic rings. The average molecular weight is 376 g/mol. The SMILES string of the molecule is COc1ccc(Nc2cnc(C(=O)N3CCc4ccccc43)cn2)c(OC)c1. The third kappa shape index (κ3) is 3.34. The van der Waals surface area contributed by atoms with Crippen LogP contribution in [-0.2, 0) is 6.42 Å². The zero-order valence-corrected chi connectivity index (χ0v) is 15.7. The van der Waals surface area contributed by atoms with Crippen LogP contribution in [0.5, 0.6) is 11.5 Å². The normalized spacial score (nSPS) is 12.4. The summed E-state index contributed by atoms with van der Waals surface area (Å²) >= 11 is 0. The summed E-state index contributed by atoms with van der Waals surface area (Å²) in [5.41, 5.74) is 3.15. The molecule has 0 saturated carbocycles. The molecular weight excluding hydrogens is 356 g/mol. The minimum Gasteiger partial charge on any atom is -0.497 e. The van der Waals surface area contributed by atoms with E-state index in [1.807, 2.05) is 36.4 Å². The van der Waals surface area contributed by atoms with Gasteiger partial charge in [-0.1, -0.05) is 18.2 Å². The molecule has 0 atom stereocenters. The average Bonchev–Trinajstić information content (AvgIpc) is 3.18. The summed E-state index contributed by atoms with van der Waals surface area (Å²) in [4.78, 5) is 23.2. The number of nitrogens with zero attached hydrogens (tertiary/aromatic N) is 3. The highest BCUT2D eigenvalue weighted by molar-refractivity contribution is 6.05. The summed E-state index contributed by atoms with van der Waals surface area (Å²) in [5.74, 6) is 1.68. The van der Waals surface area contributed by atoms with Crippen LogP contribution in [0.4, 0.5) is 17.2 Å². The Balaban J connectivity index is 1.51. The Labute approximate surface area is 163 Å². The Bertz CT molecular complexity index is 1000. The van der Waals surface area contributed by atoms with Gasteiger partial charge in [0.05, 0.1) is 32.3 Å². The van der Waals surface area contributed by atoms with Gasteiger partial charge >= 0.3 is 0 Å². The maximum absolute atomic E-state index is 12.8. The van der Waals surface area contributed by atoms with Crippen LogP contribution in [0.2, 0.25) is 0 Å². The van der Waals surface area contributed by atoms with Crippen molar-refractivity contribution in [3.8, 4) is 11.5 Å². The Morgan fingerprint density at radius 1 is 1.07 bits per heavy atom. The van der Waals surface area contributed by atoms with Gasteiger partial charge in [-0.25, -0.2) is 9.97 Å². The van der Waals surface area contributed by atoms with Crippen molar-refractivity contribution < 1.29 is 14.3 Å². The molecule has 28 heavy (non-hydrogen) atoms. The summed E-state index contributed by atoms with van der Waals surface area (Å²) in [5, 5.41) is 3.15. The van der Waals surface area contributed by atoms with Gasteiger partial charge in [-0.2, -0.15) is 0 Å².